The van der Waals surface area contributed by atoms with Crippen LogP contribution >= 0.6 is 0 Å². The van der Waals surface area contributed by atoms with Crippen molar-refractivity contribution in [1.82, 2.24) is 15.5 Å². The summed E-state index contributed by atoms with van der Waals surface area (Å²) >= 11 is 0. The Labute approximate surface area is 96.8 Å². The summed E-state index contributed by atoms with van der Waals surface area (Å²) in [7, 11) is 1.93. The van der Waals surface area contributed by atoms with E-state index >= 15 is 0 Å². The van der Waals surface area contributed by atoms with Crippen molar-refractivity contribution in [2.24, 2.45) is 0 Å². The highest BCUT2D eigenvalue weighted by atomic mass is 16.2. The second kappa shape index (κ2) is 7.20. The van der Waals surface area contributed by atoms with Crippen LogP contribution < -0.4 is 10.6 Å². The third kappa shape index (κ3) is 4.17. The topological polar surface area (TPSA) is 68.2 Å². The van der Waals surface area contributed by atoms with E-state index in [0.717, 1.165) is 25.9 Å². The average molecular weight is 224 g/mol. The van der Waals surface area contributed by atoms with Crippen molar-refractivity contribution < 1.29 is 4.79 Å². The molecule has 0 aromatic rings. The molecule has 16 heavy (non-hydrogen) atoms. The molecule has 1 heterocycles. The van der Waals surface area contributed by atoms with Gasteiger partial charge in [0, 0.05) is 12.6 Å². The second-order valence-electron chi connectivity index (χ2n) is 4.11. The number of nitrogens with one attached hydrogen (secondary N) is 2. The Morgan fingerprint density at radius 2 is 2.38 bits per heavy atom. The summed E-state index contributed by atoms with van der Waals surface area (Å²) in [6.07, 6.45) is 3.54. The zero-order chi connectivity index (χ0) is 11.8. The highest BCUT2D eigenvalue weighted by Gasteiger charge is 2.23. The standard InChI is InChI=1S/C11H20N4O/c1-13-8-10-4-2-3-7-15(10)9-11(16)14-6-5-12/h10,13H,2-4,6-9H2,1H3,(H,14,16). The molecule has 1 fully saturated rings. The van der Waals surface area contributed by atoms with Gasteiger partial charge < -0.3 is 10.6 Å². The maximum absolute atomic E-state index is 11.5. The number of hydrogen-bond donors (Lipinski definition) is 2. The molecule has 1 saturated heterocycles. The van der Waals surface area contributed by atoms with Gasteiger partial charge in [-0.05, 0) is 26.4 Å². The molecule has 0 aliphatic carbocycles. The number of piperidine rings is 1. The Balaban J connectivity index is 2.37. The van der Waals surface area contributed by atoms with E-state index in [1.54, 1.807) is 0 Å². The molecular formula is C11H20N4O. The Hall–Kier alpha value is -1.12. The van der Waals surface area contributed by atoms with Crippen molar-refractivity contribution in [2.75, 3.05) is 33.2 Å². The highest BCUT2D eigenvalue weighted by Crippen LogP contribution is 2.15. The monoisotopic (exact) mass is 224 g/mol. The number of rotatable bonds is 5. The van der Waals surface area contributed by atoms with Gasteiger partial charge in [-0.15, -0.1) is 0 Å². The van der Waals surface area contributed by atoms with Crippen LogP contribution in [0.5, 0.6) is 0 Å². The fraction of sp³-hybridized carbons (Fsp3) is 0.818. The van der Waals surface area contributed by atoms with E-state index < -0.39 is 0 Å². The number of carbonyl (C=O) groups is 1. The van der Waals surface area contributed by atoms with Crippen LogP contribution in [0.1, 0.15) is 19.3 Å². The van der Waals surface area contributed by atoms with Gasteiger partial charge in [-0.25, -0.2) is 0 Å². The molecule has 0 bridgehead atoms. The van der Waals surface area contributed by atoms with E-state index in [9.17, 15) is 4.79 Å². The predicted octanol–water partition coefficient (Wildman–Crippen LogP) is -0.300. The number of carbonyl (C=O) groups excluding carboxylic acids is 1. The van der Waals surface area contributed by atoms with Gasteiger partial charge in [-0.2, -0.15) is 5.26 Å². The number of likely N-dealkylation sites (N-methyl/N-ethyl adjacent to an activating group) is 1. The van der Waals surface area contributed by atoms with Crippen molar-refractivity contribution in [1.29, 1.82) is 5.26 Å². The van der Waals surface area contributed by atoms with Gasteiger partial charge >= 0.3 is 0 Å². The molecule has 0 spiro atoms. The first kappa shape index (κ1) is 12.9. The first-order chi connectivity index (χ1) is 7.77. The van der Waals surface area contributed by atoms with E-state index in [2.05, 4.69) is 15.5 Å². The number of likely N-dealkylation sites (tertiary alicyclic amines) is 1. The molecule has 0 aromatic heterocycles. The fourth-order valence-electron chi connectivity index (χ4n) is 2.11. The SMILES string of the molecule is CNCC1CCCCN1CC(=O)NCC#N. The molecule has 5 nitrogen and oxygen atoms in total. The minimum atomic E-state index is -0.0513. The van der Waals surface area contributed by atoms with E-state index in [4.69, 9.17) is 5.26 Å². The molecular weight excluding hydrogens is 204 g/mol. The first-order valence-electron chi connectivity index (χ1n) is 5.80. The molecule has 2 N–H and O–H groups in total. The third-order valence-corrected chi connectivity index (χ3v) is 2.90. The molecule has 0 radical (unpaired) electrons. The summed E-state index contributed by atoms with van der Waals surface area (Å²) in [6.45, 7) is 2.41. The normalized spacial score (nSPS) is 21.4. The van der Waals surface area contributed by atoms with Gasteiger partial charge in [0.15, 0.2) is 0 Å². The number of hydrogen-bond acceptors (Lipinski definition) is 4. The van der Waals surface area contributed by atoms with Gasteiger partial charge in [0.05, 0.1) is 12.6 Å². The van der Waals surface area contributed by atoms with Gasteiger partial charge in [-0.3, -0.25) is 9.69 Å². The second-order valence-corrected chi connectivity index (χ2v) is 4.11. The summed E-state index contributed by atoms with van der Waals surface area (Å²) in [5, 5.41) is 14.1. The lowest BCUT2D eigenvalue weighted by Gasteiger charge is -2.34. The molecule has 1 atom stereocenters. The summed E-state index contributed by atoms with van der Waals surface area (Å²) in [5.74, 6) is -0.0513. The van der Waals surface area contributed by atoms with Crippen LogP contribution in [0.2, 0.25) is 0 Å². The zero-order valence-corrected chi connectivity index (χ0v) is 9.83. The summed E-state index contributed by atoms with van der Waals surface area (Å²) in [5.41, 5.74) is 0. The smallest absolute Gasteiger partial charge is 0.235 e. The Bertz CT molecular complexity index is 259. The number of amides is 1. The Morgan fingerprint density at radius 1 is 1.56 bits per heavy atom. The lowest BCUT2D eigenvalue weighted by Crippen LogP contribution is -2.49. The lowest BCUT2D eigenvalue weighted by atomic mass is 10.0. The minimum absolute atomic E-state index is 0.0513. The van der Waals surface area contributed by atoms with Crippen molar-refractivity contribution in [3.05, 3.63) is 0 Å². The summed E-state index contributed by atoms with van der Waals surface area (Å²) < 4.78 is 0. The Morgan fingerprint density at radius 3 is 3.06 bits per heavy atom. The molecule has 1 amide bonds. The van der Waals surface area contributed by atoms with Gasteiger partial charge in [0.1, 0.15) is 6.54 Å². The highest BCUT2D eigenvalue weighted by molar-refractivity contribution is 5.78. The quantitative estimate of drug-likeness (QED) is 0.629. The summed E-state index contributed by atoms with van der Waals surface area (Å²) in [6, 6.07) is 2.36. The molecule has 1 rings (SSSR count). The van der Waals surface area contributed by atoms with E-state index in [-0.39, 0.29) is 12.5 Å². The van der Waals surface area contributed by atoms with Crippen LogP contribution in [0.15, 0.2) is 0 Å². The van der Waals surface area contributed by atoms with E-state index in [0.29, 0.717) is 12.6 Å². The van der Waals surface area contributed by atoms with Crippen LogP contribution in [-0.4, -0.2) is 50.1 Å². The molecule has 1 aliphatic heterocycles. The van der Waals surface area contributed by atoms with Crippen LogP contribution in [0.3, 0.4) is 0 Å². The van der Waals surface area contributed by atoms with Crippen molar-refractivity contribution >= 4 is 5.91 Å². The van der Waals surface area contributed by atoms with Crippen LogP contribution in [-0.2, 0) is 4.79 Å². The average Bonchev–Trinajstić information content (AvgIpc) is 2.29. The third-order valence-electron chi connectivity index (χ3n) is 2.90. The lowest BCUT2D eigenvalue weighted by molar-refractivity contribution is -0.122. The van der Waals surface area contributed by atoms with Gasteiger partial charge in [0.2, 0.25) is 5.91 Å². The predicted molar refractivity (Wildman–Crippen MR) is 61.8 cm³/mol. The van der Waals surface area contributed by atoms with Crippen LogP contribution in [0.4, 0.5) is 0 Å². The van der Waals surface area contributed by atoms with Gasteiger partial charge in [-0.1, -0.05) is 6.42 Å². The number of nitriles is 1. The molecule has 90 valence electrons. The first-order valence-corrected chi connectivity index (χ1v) is 5.80. The van der Waals surface area contributed by atoms with Crippen molar-refractivity contribution in [3.8, 4) is 6.07 Å². The van der Waals surface area contributed by atoms with Crippen LogP contribution in [0.25, 0.3) is 0 Å². The van der Waals surface area contributed by atoms with Crippen molar-refractivity contribution in [2.45, 2.75) is 25.3 Å². The zero-order valence-electron chi connectivity index (χ0n) is 9.83. The number of nitrogens with zero attached hydrogens (tertiary/aromatic N) is 2. The van der Waals surface area contributed by atoms with Crippen molar-refractivity contribution in [3.63, 3.8) is 0 Å². The van der Waals surface area contributed by atoms with Crippen LogP contribution in [0, 0.1) is 11.3 Å². The van der Waals surface area contributed by atoms with E-state index in [1.807, 2.05) is 13.1 Å². The summed E-state index contributed by atoms with van der Waals surface area (Å²) in [4.78, 5) is 13.7. The fourth-order valence-corrected chi connectivity index (χ4v) is 2.11. The molecule has 1 unspecified atom stereocenters. The molecule has 1 aliphatic rings. The largest absolute Gasteiger partial charge is 0.342 e. The minimum Gasteiger partial charge on any atom is -0.342 e. The molecule has 0 aromatic carbocycles. The maximum Gasteiger partial charge on any atom is 0.235 e. The molecule has 5 heteroatoms. The van der Waals surface area contributed by atoms with Gasteiger partial charge in [0.25, 0.3) is 0 Å². The molecule has 0 saturated carbocycles. The Kier molecular flexibility index (Phi) is 5.83. The maximum atomic E-state index is 11.5. The van der Waals surface area contributed by atoms with E-state index in [1.165, 1.54) is 6.42 Å².